The SMILES string of the molecule is C.CNc1nc(NCOCNc2nc(NC)nc(-c3ccccc3)n2)nc(-c2ccccc2)n1. The van der Waals surface area contributed by atoms with Crippen LogP contribution in [0.1, 0.15) is 7.43 Å². The topological polar surface area (TPSA) is 135 Å². The van der Waals surface area contributed by atoms with Crippen molar-refractivity contribution in [2.75, 3.05) is 48.8 Å². The van der Waals surface area contributed by atoms with Crippen LogP contribution in [0, 0.1) is 0 Å². The predicted molar refractivity (Wildman–Crippen MR) is 134 cm³/mol. The quantitative estimate of drug-likeness (QED) is 0.204. The van der Waals surface area contributed by atoms with Crippen LogP contribution >= 0.6 is 0 Å². The first-order valence-corrected chi connectivity index (χ1v) is 10.3. The Morgan fingerprint density at radius 1 is 0.559 bits per heavy atom. The Bertz CT molecular complexity index is 1080. The van der Waals surface area contributed by atoms with E-state index in [4.69, 9.17) is 4.74 Å². The fourth-order valence-corrected chi connectivity index (χ4v) is 2.85. The number of nitrogens with zero attached hydrogens (tertiary/aromatic N) is 6. The second kappa shape index (κ2) is 12.0. The third-order valence-corrected chi connectivity index (χ3v) is 4.45. The van der Waals surface area contributed by atoms with Gasteiger partial charge in [-0.2, -0.15) is 29.9 Å². The highest BCUT2D eigenvalue weighted by Crippen LogP contribution is 2.18. The Balaban J connectivity index is 0.00000324. The lowest BCUT2D eigenvalue weighted by atomic mass is 10.2. The molecule has 0 unspecified atom stereocenters. The minimum atomic E-state index is 0. The molecule has 11 nitrogen and oxygen atoms in total. The van der Waals surface area contributed by atoms with Crippen molar-refractivity contribution in [2.24, 2.45) is 0 Å². The maximum atomic E-state index is 5.62. The van der Waals surface area contributed by atoms with Gasteiger partial charge in [-0.15, -0.1) is 0 Å². The van der Waals surface area contributed by atoms with Crippen LogP contribution in [-0.4, -0.2) is 57.5 Å². The minimum Gasteiger partial charge on any atom is -0.357 e. The molecule has 0 aliphatic carbocycles. The lowest BCUT2D eigenvalue weighted by Crippen LogP contribution is -2.16. The van der Waals surface area contributed by atoms with Crippen LogP contribution < -0.4 is 21.3 Å². The second-order valence-corrected chi connectivity index (χ2v) is 6.69. The fourth-order valence-electron chi connectivity index (χ4n) is 2.85. The molecule has 2 aromatic heterocycles. The molecular formula is C23H28N10O. The third-order valence-electron chi connectivity index (χ3n) is 4.45. The number of anilines is 4. The first-order chi connectivity index (χ1) is 16.2. The Kier molecular flexibility index (Phi) is 8.58. The molecule has 0 radical (unpaired) electrons. The Morgan fingerprint density at radius 3 is 1.32 bits per heavy atom. The summed E-state index contributed by atoms with van der Waals surface area (Å²) in [5.41, 5.74) is 1.79. The third kappa shape index (κ3) is 6.33. The maximum absolute atomic E-state index is 5.62. The summed E-state index contributed by atoms with van der Waals surface area (Å²) in [6.45, 7) is 0.341. The molecule has 0 aliphatic rings. The second-order valence-electron chi connectivity index (χ2n) is 6.69. The number of aromatic nitrogens is 6. The number of benzene rings is 2. The highest BCUT2D eigenvalue weighted by molar-refractivity contribution is 5.58. The molecule has 0 atom stereocenters. The molecule has 0 spiro atoms. The van der Waals surface area contributed by atoms with E-state index in [9.17, 15) is 0 Å². The minimum absolute atomic E-state index is 0. The largest absolute Gasteiger partial charge is 0.357 e. The molecule has 34 heavy (non-hydrogen) atoms. The average Bonchev–Trinajstić information content (AvgIpc) is 2.89. The van der Waals surface area contributed by atoms with Crippen molar-refractivity contribution >= 4 is 23.8 Å². The smallest absolute Gasteiger partial charge is 0.229 e. The van der Waals surface area contributed by atoms with Gasteiger partial charge in [-0.25, -0.2) is 0 Å². The lowest BCUT2D eigenvalue weighted by molar-refractivity contribution is 0.170. The molecule has 0 bridgehead atoms. The van der Waals surface area contributed by atoms with Crippen molar-refractivity contribution < 1.29 is 4.74 Å². The summed E-state index contributed by atoms with van der Waals surface area (Å²) in [6.07, 6.45) is 0. The molecule has 0 fully saturated rings. The van der Waals surface area contributed by atoms with E-state index in [-0.39, 0.29) is 20.9 Å². The first kappa shape index (κ1) is 24.3. The summed E-state index contributed by atoms with van der Waals surface area (Å²) in [5, 5.41) is 12.0. The van der Waals surface area contributed by atoms with Crippen molar-refractivity contribution in [2.45, 2.75) is 7.43 Å². The maximum Gasteiger partial charge on any atom is 0.229 e. The van der Waals surface area contributed by atoms with E-state index >= 15 is 0 Å². The van der Waals surface area contributed by atoms with Crippen molar-refractivity contribution in [1.82, 2.24) is 29.9 Å². The molecule has 2 heterocycles. The van der Waals surface area contributed by atoms with E-state index in [1.807, 2.05) is 60.7 Å². The van der Waals surface area contributed by atoms with Crippen LogP contribution in [0.3, 0.4) is 0 Å². The Labute approximate surface area is 198 Å². The van der Waals surface area contributed by atoms with E-state index in [0.717, 1.165) is 11.1 Å². The summed E-state index contributed by atoms with van der Waals surface area (Å²) in [5.74, 6) is 2.85. The Hall–Kier alpha value is -4.38. The molecule has 4 N–H and O–H groups in total. The van der Waals surface area contributed by atoms with Gasteiger partial charge in [0, 0.05) is 25.2 Å². The number of hydrogen-bond donors (Lipinski definition) is 4. The van der Waals surface area contributed by atoms with Gasteiger partial charge in [0.1, 0.15) is 13.5 Å². The zero-order chi connectivity index (χ0) is 22.9. The predicted octanol–water partition coefficient (Wildman–Crippen LogP) is 3.57. The summed E-state index contributed by atoms with van der Waals surface area (Å²) in [6, 6.07) is 19.4. The van der Waals surface area contributed by atoms with Gasteiger partial charge < -0.3 is 26.0 Å². The average molecular weight is 461 g/mol. The fraction of sp³-hybridized carbons (Fsp3) is 0.217. The molecule has 4 aromatic rings. The Morgan fingerprint density at radius 2 is 0.941 bits per heavy atom. The summed E-state index contributed by atoms with van der Waals surface area (Å²) in [4.78, 5) is 26.4. The highest BCUT2D eigenvalue weighted by Gasteiger charge is 2.09. The van der Waals surface area contributed by atoms with Crippen molar-refractivity contribution in [1.29, 1.82) is 0 Å². The van der Waals surface area contributed by atoms with E-state index < -0.39 is 0 Å². The van der Waals surface area contributed by atoms with Crippen molar-refractivity contribution in [3.63, 3.8) is 0 Å². The zero-order valence-corrected chi connectivity index (χ0v) is 18.3. The standard InChI is InChI=1S/C22H24N10O.CH4/c1-23-19-27-17(15-9-5-3-6-10-15)29-21(31-19)25-13-33-14-26-22-30-18(28-20(24-2)32-22)16-11-7-4-8-12-16;/h3-12H,13-14H2,1-2H3,(H2,23,25,27,29,31)(H2,24,26,28,30,32);1H4. The summed E-state index contributed by atoms with van der Waals surface area (Å²) in [7, 11) is 3.51. The van der Waals surface area contributed by atoms with E-state index in [0.29, 0.717) is 35.4 Å². The van der Waals surface area contributed by atoms with Crippen LogP contribution in [0.25, 0.3) is 22.8 Å². The van der Waals surface area contributed by atoms with Gasteiger partial charge in [0.15, 0.2) is 11.6 Å². The molecule has 0 saturated heterocycles. The molecule has 4 rings (SSSR count). The van der Waals surface area contributed by atoms with Crippen LogP contribution in [0.5, 0.6) is 0 Å². The molecule has 2 aromatic carbocycles. The number of nitrogens with one attached hydrogen (secondary N) is 4. The van der Waals surface area contributed by atoms with Crippen molar-refractivity contribution in [3.8, 4) is 22.8 Å². The molecule has 0 saturated carbocycles. The molecular weight excluding hydrogens is 432 g/mol. The summed E-state index contributed by atoms with van der Waals surface area (Å²) < 4.78 is 5.62. The van der Waals surface area contributed by atoms with Gasteiger partial charge in [-0.1, -0.05) is 68.1 Å². The highest BCUT2D eigenvalue weighted by atomic mass is 16.5. The van der Waals surface area contributed by atoms with E-state index in [1.165, 1.54) is 0 Å². The first-order valence-electron chi connectivity index (χ1n) is 10.3. The van der Waals surface area contributed by atoms with Gasteiger partial charge in [0.2, 0.25) is 23.8 Å². The monoisotopic (exact) mass is 460 g/mol. The van der Waals surface area contributed by atoms with Crippen LogP contribution in [0.15, 0.2) is 60.7 Å². The lowest BCUT2D eigenvalue weighted by Gasteiger charge is -2.11. The van der Waals surface area contributed by atoms with Crippen LogP contribution in [0.2, 0.25) is 0 Å². The molecule has 0 amide bonds. The van der Waals surface area contributed by atoms with Gasteiger partial charge in [-0.05, 0) is 0 Å². The van der Waals surface area contributed by atoms with Crippen molar-refractivity contribution in [3.05, 3.63) is 60.7 Å². The summed E-state index contributed by atoms with van der Waals surface area (Å²) >= 11 is 0. The number of rotatable bonds is 10. The van der Waals surface area contributed by atoms with Gasteiger partial charge in [0.05, 0.1) is 0 Å². The molecule has 176 valence electrons. The van der Waals surface area contributed by atoms with Gasteiger partial charge in [-0.3, -0.25) is 0 Å². The van der Waals surface area contributed by atoms with E-state index in [2.05, 4.69) is 51.2 Å². The van der Waals surface area contributed by atoms with Gasteiger partial charge >= 0.3 is 0 Å². The normalized spacial score (nSPS) is 10.2. The molecule has 11 heteroatoms. The zero-order valence-electron chi connectivity index (χ0n) is 18.3. The van der Waals surface area contributed by atoms with Crippen LogP contribution in [-0.2, 0) is 4.74 Å². The number of ether oxygens (including phenoxy) is 1. The molecule has 0 aliphatic heterocycles. The van der Waals surface area contributed by atoms with Crippen LogP contribution in [0.4, 0.5) is 23.8 Å². The van der Waals surface area contributed by atoms with Gasteiger partial charge in [0.25, 0.3) is 0 Å². The number of hydrogen-bond acceptors (Lipinski definition) is 11. The van der Waals surface area contributed by atoms with E-state index in [1.54, 1.807) is 14.1 Å².